The third-order valence-corrected chi connectivity index (χ3v) is 4.70. The summed E-state index contributed by atoms with van der Waals surface area (Å²) in [6.45, 7) is 1.71. The molecule has 2 heterocycles. The number of nitrogens with zero attached hydrogens (tertiary/aromatic N) is 3. The van der Waals surface area contributed by atoms with E-state index in [1.807, 2.05) is 12.4 Å². The van der Waals surface area contributed by atoms with E-state index in [2.05, 4.69) is 40.1 Å². The second-order valence-electron chi connectivity index (χ2n) is 6.60. The van der Waals surface area contributed by atoms with Crippen LogP contribution in [0.15, 0.2) is 61.2 Å². The Kier molecular flexibility index (Phi) is 4.63. The molecule has 0 amide bonds. The first kappa shape index (κ1) is 16.7. The summed E-state index contributed by atoms with van der Waals surface area (Å²) in [5.41, 5.74) is 4.35. The number of fused-ring (bicyclic) bond motifs is 1. The van der Waals surface area contributed by atoms with E-state index in [1.54, 1.807) is 18.2 Å². The number of hydrogen-bond donors (Lipinski definition) is 0. The third-order valence-electron chi connectivity index (χ3n) is 4.70. The van der Waals surface area contributed by atoms with Crippen LogP contribution in [0.3, 0.4) is 0 Å². The first-order chi connectivity index (χ1) is 12.7. The van der Waals surface area contributed by atoms with Gasteiger partial charge in [-0.05, 0) is 41.9 Å². The first-order valence-electron chi connectivity index (χ1n) is 8.68. The maximum Gasteiger partial charge on any atom is 0.165 e. The Labute approximate surface area is 152 Å². The lowest BCUT2D eigenvalue weighted by Crippen LogP contribution is -2.18. The average molecular weight is 349 g/mol. The Bertz CT molecular complexity index is 901. The lowest BCUT2D eigenvalue weighted by molar-refractivity contribution is 0.175. The monoisotopic (exact) mass is 349 g/mol. The fourth-order valence-electron chi connectivity index (χ4n) is 3.36. The molecule has 0 N–H and O–H groups in total. The van der Waals surface area contributed by atoms with Crippen molar-refractivity contribution in [3.8, 4) is 16.9 Å². The summed E-state index contributed by atoms with van der Waals surface area (Å²) in [6, 6.07) is 12.9. The van der Waals surface area contributed by atoms with Gasteiger partial charge in [-0.2, -0.15) is 0 Å². The van der Waals surface area contributed by atoms with Crippen LogP contribution in [-0.4, -0.2) is 28.5 Å². The second kappa shape index (κ2) is 7.22. The predicted octanol–water partition coefficient (Wildman–Crippen LogP) is 4.24. The van der Waals surface area contributed by atoms with E-state index in [0.717, 1.165) is 36.2 Å². The zero-order valence-electron chi connectivity index (χ0n) is 14.6. The summed E-state index contributed by atoms with van der Waals surface area (Å²) in [6.07, 6.45) is 5.78. The molecule has 26 heavy (non-hydrogen) atoms. The third kappa shape index (κ3) is 3.44. The molecule has 1 aliphatic heterocycles. The van der Waals surface area contributed by atoms with Crippen LogP contribution < -0.4 is 4.74 Å². The SMILES string of the molecule is CN1CCC(Oc2ccccc2F)c2ccc(-c3cncnc3)cc2C1. The molecule has 4 rings (SSSR count). The number of ether oxygens (including phenoxy) is 1. The minimum Gasteiger partial charge on any atom is -0.483 e. The van der Waals surface area contributed by atoms with Gasteiger partial charge in [0, 0.05) is 37.5 Å². The van der Waals surface area contributed by atoms with Crippen LogP contribution in [0.4, 0.5) is 4.39 Å². The largest absolute Gasteiger partial charge is 0.483 e. The highest BCUT2D eigenvalue weighted by molar-refractivity contribution is 5.63. The Balaban J connectivity index is 1.70. The molecule has 4 nitrogen and oxygen atoms in total. The molecule has 0 spiro atoms. The summed E-state index contributed by atoms with van der Waals surface area (Å²) in [5, 5.41) is 0. The van der Waals surface area contributed by atoms with Crippen molar-refractivity contribution in [2.75, 3.05) is 13.6 Å². The minimum atomic E-state index is -0.329. The Morgan fingerprint density at radius 3 is 2.69 bits per heavy atom. The van der Waals surface area contributed by atoms with E-state index >= 15 is 0 Å². The maximum absolute atomic E-state index is 14.0. The van der Waals surface area contributed by atoms with Gasteiger partial charge in [0.15, 0.2) is 11.6 Å². The van der Waals surface area contributed by atoms with Crippen molar-refractivity contribution in [3.05, 3.63) is 78.1 Å². The molecular formula is C21H20FN3O. The summed E-state index contributed by atoms with van der Waals surface area (Å²) in [7, 11) is 2.09. The van der Waals surface area contributed by atoms with Crippen molar-refractivity contribution in [1.29, 1.82) is 0 Å². The second-order valence-corrected chi connectivity index (χ2v) is 6.60. The van der Waals surface area contributed by atoms with Gasteiger partial charge in [-0.15, -0.1) is 0 Å². The standard InChI is InChI=1S/C21H20FN3O/c1-25-9-8-20(26-21-5-3-2-4-19(21)22)18-7-6-15(10-16(18)13-25)17-11-23-14-24-12-17/h2-7,10-12,14,20H,8-9,13H2,1H3. The van der Waals surface area contributed by atoms with Gasteiger partial charge in [0.1, 0.15) is 12.4 Å². The van der Waals surface area contributed by atoms with E-state index in [1.165, 1.54) is 18.0 Å². The first-order valence-corrected chi connectivity index (χ1v) is 8.68. The minimum absolute atomic E-state index is 0.173. The van der Waals surface area contributed by atoms with Gasteiger partial charge in [-0.25, -0.2) is 14.4 Å². The van der Waals surface area contributed by atoms with Crippen LogP contribution >= 0.6 is 0 Å². The topological polar surface area (TPSA) is 38.2 Å². The van der Waals surface area contributed by atoms with Gasteiger partial charge in [-0.1, -0.05) is 24.3 Å². The van der Waals surface area contributed by atoms with Crippen molar-refractivity contribution in [2.45, 2.75) is 19.1 Å². The molecule has 2 aromatic carbocycles. The maximum atomic E-state index is 14.0. The van der Waals surface area contributed by atoms with Gasteiger partial charge < -0.3 is 9.64 Å². The number of halogens is 1. The highest BCUT2D eigenvalue weighted by atomic mass is 19.1. The van der Waals surface area contributed by atoms with Gasteiger partial charge >= 0.3 is 0 Å². The molecule has 0 bridgehead atoms. The van der Waals surface area contributed by atoms with E-state index < -0.39 is 0 Å². The van der Waals surface area contributed by atoms with Gasteiger partial charge in [-0.3, -0.25) is 0 Å². The molecule has 3 aromatic rings. The van der Waals surface area contributed by atoms with Crippen LogP contribution in [0.5, 0.6) is 5.75 Å². The summed E-state index contributed by atoms with van der Waals surface area (Å²) >= 11 is 0. The van der Waals surface area contributed by atoms with Gasteiger partial charge in [0.25, 0.3) is 0 Å². The summed E-state index contributed by atoms with van der Waals surface area (Å²) in [5.74, 6) is -0.0294. The lowest BCUT2D eigenvalue weighted by atomic mass is 9.97. The van der Waals surface area contributed by atoms with E-state index in [-0.39, 0.29) is 11.9 Å². The summed E-state index contributed by atoms with van der Waals surface area (Å²) in [4.78, 5) is 10.5. The highest BCUT2D eigenvalue weighted by Crippen LogP contribution is 2.34. The molecular weight excluding hydrogens is 329 g/mol. The number of rotatable bonds is 3. The lowest BCUT2D eigenvalue weighted by Gasteiger charge is -2.20. The quantitative estimate of drug-likeness (QED) is 0.709. The molecule has 1 atom stereocenters. The number of aromatic nitrogens is 2. The molecule has 1 unspecified atom stereocenters. The predicted molar refractivity (Wildman–Crippen MR) is 98.2 cm³/mol. The molecule has 0 saturated heterocycles. The van der Waals surface area contributed by atoms with Crippen LogP contribution in [-0.2, 0) is 6.54 Å². The molecule has 1 aliphatic rings. The van der Waals surface area contributed by atoms with E-state index in [4.69, 9.17) is 4.74 Å². The van der Waals surface area contributed by atoms with Gasteiger partial charge in [0.05, 0.1) is 0 Å². The normalized spacial score (nSPS) is 17.4. The van der Waals surface area contributed by atoms with Crippen molar-refractivity contribution in [2.24, 2.45) is 0 Å². The Morgan fingerprint density at radius 2 is 1.88 bits per heavy atom. The fourth-order valence-corrected chi connectivity index (χ4v) is 3.36. The van der Waals surface area contributed by atoms with Crippen molar-refractivity contribution < 1.29 is 9.13 Å². The molecule has 1 aromatic heterocycles. The van der Waals surface area contributed by atoms with Gasteiger partial charge in [0.2, 0.25) is 0 Å². The zero-order valence-corrected chi connectivity index (χ0v) is 14.6. The Hall–Kier alpha value is -2.79. The smallest absolute Gasteiger partial charge is 0.165 e. The molecule has 0 radical (unpaired) electrons. The molecule has 132 valence electrons. The number of benzene rings is 2. The Morgan fingerprint density at radius 1 is 1.08 bits per heavy atom. The highest BCUT2D eigenvalue weighted by Gasteiger charge is 2.23. The number of hydrogen-bond acceptors (Lipinski definition) is 4. The van der Waals surface area contributed by atoms with E-state index in [0.29, 0.717) is 5.75 Å². The van der Waals surface area contributed by atoms with Crippen LogP contribution in [0.25, 0.3) is 11.1 Å². The molecule has 0 fully saturated rings. The number of para-hydroxylation sites is 1. The summed E-state index contributed by atoms with van der Waals surface area (Å²) < 4.78 is 20.1. The van der Waals surface area contributed by atoms with E-state index in [9.17, 15) is 4.39 Å². The van der Waals surface area contributed by atoms with Crippen molar-refractivity contribution >= 4 is 0 Å². The molecule has 0 aliphatic carbocycles. The van der Waals surface area contributed by atoms with Crippen LogP contribution in [0, 0.1) is 5.82 Å². The van der Waals surface area contributed by atoms with Crippen molar-refractivity contribution in [1.82, 2.24) is 14.9 Å². The zero-order chi connectivity index (χ0) is 17.9. The van der Waals surface area contributed by atoms with Crippen LogP contribution in [0.2, 0.25) is 0 Å². The average Bonchev–Trinajstić information content (AvgIpc) is 2.82. The molecule has 0 saturated carbocycles. The van der Waals surface area contributed by atoms with Crippen molar-refractivity contribution in [3.63, 3.8) is 0 Å². The fraction of sp³-hybridized carbons (Fsp3) is 0.238. The molecule has 5 heteroatoms. The van der Waals surface area contributed by atoms with Crippen LogP contribution in [0.1, 0.15) is 23.7 Å².